The first kappa shape index (κ1) is 23.3. The van der Waals surface area contributed by atoms with Gasteiger partial charge < -0.3 is 0 Å². The quantitative estimate of drug-likeness (QED) is 0.181. The molecule has 1 heteroatoms. The number of aryl methyl sites for hydroxylation is 3. The molecule has 1 aliphatic carbocycles. The normalized spacial score (nSPS) is 12.5. The summed E-state index contributed by atoms with van der Waals surface area (Å²) in [6, 6.07) is 9.56. The Bertz CT molecular complexity index is 839. The zero-order chi connectivity index (χ0) is 19.6. The first-order chi connectivity index (χ1) is 12.9. The summed E-state index contributed by atoms with van der Waals surface area (Å²) < 4.78 is 0. The van der Waals surface area contributed by atoms with Crippen molar-refractivity contribution in [3.8, 4) is 0 Å². The van der Waals surface area contributed by atoms with Gasteiger partial charge in [-0.25, -0.2) is 0 Å². The molecular weight excluding hydrogens is 503 g/mol. The molecule has 0 N–H and O–H groups in total. The predicted octanol–water partition coefficient (Wildman–Crippen LogP) is 7.73. The Labute approximate surface area is 191 Å². The van der Waals surface area contributed by atoms with E-state index in [1.165, 1.54) is 83.5 Å². The Morgan fingerprint density at radius 2 is 1.50 bits per heavy atom. The van der Waals surface area contributed by atoms with Crippen LogP contribution in [0, 0.1) is 34.6 Å². The van der Waals surface area contributed by atoms with Crippen LogP contribution >= 0.6 is 0 Å². The van der Waals surface area contributed by atoms with Crippen LogP contribution in [0.1, 0.15) is 77.1 Å². The van der Waals surface area contributed by atoms with Gasteiger partial charge in [0, 0.05) is 25.8 Å². The molecule has 0 heterocycles. The van der Waals surface area contributed by atoms with Crippen molar-refractivity contribution < 1.29 is 25.8 Å². The number of benzene rings is 1. The van der Waals surface area contributed by atoms with Crippen LogP contribution in [-0.4, -0.2) is 0 Å². The van der Waals surface area contributed by atoms with E-state index >= 15 is 0 Å². The van der Waals surface area contributed by atoms with Gasteiger partial charge in [-0.05, 0) is 19.3 Å². The molecule has 3 aromatic rings. The number of hydrogen-bond donors (Lipinski definition) is 0. The predicted molar refractivity (Wildman–Crippen MR) is 121 cm³/mol. The molecule has 0 saturated carbocycles. The summed E-state index contributed by atoms with van der Waals surface area (Å²) in [5, 5.41) is 3.00. The van der Waals surface area contributed by atoms with E-state index in [-0.39, 0.29) is 25.8 Å². The van der Waals surface area contributed by atoms with E-state index in [0.29, 0.717) is 0 Å². The molecule has 0 aliphatic heterocycles. The zero-order valence-electron chi connectivity index (χ0n) is 18.8. The van der Waals surface area contributed by atoms with Gasteiger partial charge in [-0.2, -0.15) is 33.9 Å². The molecule has 150 valence electrons. The van der Waals surface area contributed by atoms with E-state index in [4.69, 9.17) is 0 Å². The number of fused-ring (bicyclic) bond motifs is 2. The molecule has 0 radical (unpaired) electrons. The monoisotopic (exact) mass is 540 g/mol. The minimum absolute atomic E-state index is 0. The maximum atomic E-state index is 2.47. The molecule has 1 aliphatic rings. The maximum Gasteiger partial charge on any atom is 0 e. The average Bonchev–Trinajstić information content (AvgIpc) is 3.33. The van der Waals surface area contributed by atoms with Gasteiger partial charge in [-0.3, -0.25) is 0 Å². The van der Waals surface area contributed by atoms with E-state index in [1.807, 2.05) is 0 Å². The summed E-state index contributed by atoms with van der Waals surface area (Å²) in [5.41, 5.74) is 12.1. The summed E-state index contributed by atoms with van der Waals surface area (Å²) in [7, 11) is 0. The average molecular weight is 539 g/mol. The maximum absolute atomic E-state index is 2.47. The van der Waals surface area contributed by atoms with Crippen molar-refractivity contribution in [3.05, 3.63) is 68.8 Å². The second-order valence-electron chi connectivity index (χ2n) is 8.50. The van der Waals surface area contributed by atoms with Crippen LogP contribution < -0.4 is 0 Å². The summed E-state index contributed by atoms with van der Waals surface area (Å²) in [6.45, 7) is 13.3. The van der Waals surface area contributed by atoms with Gasteiger partial charge in [0.25, 0.3) is 0 Å². The summed E-state index contributed by atoms with van der Waals surface area (Å²) in [4.78, 5) is 0. The third kappa shape index (κ3) is 4.78. The summed E-state index contributed by atoms with van der Waals surface area (Å²) >= 11 is 0. The molecule has 4 rings (SSSR count). The fraction of sp³-hybridized carbons (Fsp3) is 0.481. The Morgan fingerprint density at radius 1 is 0.893 bits per heavy atom. The van der Waals surface area contributed by atoms with E-state index in [2.05, 4.69) is 65.8 Å². The minimum atomic E-state index is 0. The second kappa shape index (κ2) is 10.2. The van der Waals surface area contributed by atoms with Crippen LogP contribution in [0.15, 0.2) is 24.3 Å². The third-order valence-electron chi connectivity index (χ3n) is 6.94. The van der Waals surface area contributed by atoms with Crippen molar-refractivity contribution >= 4 is 10.8 Å². The fourth-order valence-electron chi connectivity index (χ4n) is 4.53. The molecule has 0 aromatic heterocycles. The zero-order valence-corrected chi connectivity index (χ0v) is 22.4. The summed E-state index contributed by atoms with van der Waals surface area (Å²) in [5.74, 6) is 0. The second-order valence-corrected chi connectivity index (χ2v) is 8.50. The third-order valence-corrected chi connectivity index (χ3v) is 6.94. The number of unbranched alkanes of at least 4 members (excludes halogenated alkanes) is 2. The Hall–Kier alpha value is -0.950. The van der Waals surface area contributed by atoms with Crippen LogP contribution in [0.25, 0.3) is 10.8 Å². The molecule has 0 atom stereocenters. The van der Waals surface area contributed by atoms with Gasteiger partial charge in [-0.1, -0.05) is 78.4 Å². The van der Waals surface area contributed by atoms with Gasteiger partial charge >= 0.3 is 0 Å². The van der Waals surface area contributed by atoms with Crippen molar-refractivity contribution in [3.63, 3.8) is 0 Å². The molecule has 3 aromatic carbocycles. The molecule has 0 amide bonds. The van der Waals surface area contributed by atoms with E-state index in [9.17, 15) is 0 Å². The van der Waals surface area contributed by atoms with Gasteiger partial charge in [0.1, 0.15) is 0 Å². The van der Waals surface area contributed by atoms with E-state index < -0.39 is 0 Å². The van der Waals surface area contributed by atoms with Gasteiger partial charge in [0.2, 0.25) is 0 Å². The van der Waals surface area contributed by atoms with Crippen molar-refractivity contribution in [2.24, 2.45) is 0 Å². The van der Waals surface area contributed by atoms with Crippen molar-refractivity contribution in [1.29, 1.82) is 0 Å². The Balaban J connectivity index is 0.000000221. The first-order valence-electron chi connectivity index (χ1n) is 10.8. The molecule has 0 fully saturated rings. The Morgan fingerprint density at radius 3 is 2.04 bits per heavy atom. The molecule has 28 heavy (non-hydrogen) atoms. The van der Waals surface area contributed by atoms with E-state index in [0.717, 1.165) is 0 Å². The van der Waals surface area contributed by atoms with Crippen molar-refractivity contribution in [2.75, 3.05) is 0 Å². The minimum Gasteiger partial charge on any atom is -0.196 e. The standard InChI is InChI=1S/C17H21.C10H15.Hf/c1-2-3-4-6-13-9-10-16-11-14-7-5-8-15(14)12-17(13)16;1-6-7(2)9(4)10(5)8(6)3;/h9-12H,2-8H2,1H3;1-5H3;/q2*-1;. The Kier molecular flexibility index (Phi) is 8.49. The molecule has 0 unspecified atom stereocenters. The fourth-order valence-corrected chi connectivity index (χ4v) is 4.53. The van der Waals surface area contributed by atoms with Crippen molar-refractivity contribution in [1.82, 2.24) is 0 Å². The first-order valence-corrected chi connectivity index (χ1v) is 10.8. The smallest absolute Gasteiger partial charge is 0 e. The van der Waals surface area contributed by atoms with Crippen molar-refractivity contribution in [2.45, 2.75) is 86.5 Å². The van der Waals surface area contributed by atoms with Crippen LogP contribution in [0.4, 0.5) is 0 Å². The van der Waals surface area contributed by atoms with Gasteiger partial charge in [0.15, 0.2) is 0 Å². The SMILES string of the molecule is CCCCC[c-]1ccc2cc3c(cc21)CCC3.Cc1c(C)c(C)[c-](C)c1C.[Hf]. The number of hydrogen-bond acceptors (Lipinski definition) is 0. The molecular formula is C27H36Hf-2. The van der Waals surface area contributed by atoms with Crippen LogP contribution in [0.2, 0.25) is 0 Å². The largest absolute Gasteiger partial charge is 0.196 e. The van der Waals surface area contributed by atoms with Crippen LogP contribution in [0.3, 0.4) is 0 Å². The molecule has 0 nitrogen and oxygen atoms in total. The van der Waals surface area contributed by atoms with Gasteiger partial charge in [0.05, 0.1) is 0 Å². The van der Waals surface area contributed by atoms with E-state index in [1.54, 1.807) is 16.7 Å². The van der Waals surface area contributed by atoms with Crippen LogP contribution in [0.5, 0.6) is 0 Å². The number of rotatable bonds is 4. The molecule has 0 saturated heterocycles. The molecule has 0 spiro atoms. The topological polar surface area (TPSA) is 0 Å². The molecule has 0 bridgehead atoms. The van der Waals surface area contributed by atoms with Gasteiger partial charge in [-0.15, -0.1) is 34.5 Å². The summed E-state index contributed by atoms with van der Waals surface area (Å²) in [6.07, 6.45) is 9.22. The van der Waals surface area contributed by atoms with Crippen LogP contribution in [-0.2, 0) is 45.1 Å².